The number of aromatic nitrogens is 2. The second-order valence-electron chi connectivity index (χ2n) is 6.51. The Hall–Kier alpha value is -2.15. The smallest absolute Gasteiger partial charge is 0.255 e. The SMILES string of the molecule is O=C(c1cc(F)c(Cl)cc1Cl)N1CCN(Cc2cn3ccccc3n2)CC1. The fourth-order valence-electron chi connectivity index (χ4n) is 3.26. The van der Waals surface area contributed by atoms with Crippen molar-refractivity contribution in [3.05, 3.63) is 69.8 Å². The van der Waals surface area contributed by atoms with Gasteiger partial charge in [0.25, 0.3) is 5.91 Å². The molecule has 5 nitrogen and oxygen atoms in total. The Kier molecular flexibility index (Phi) is 5.04. The fourth-order valence-corrected chi connectivity index (χ4v) is 3.72. The summed E-state index contributed by atoms with van der Waals surface area (Å²) in [4.78, 5) is 21.2. The highest BCUT2D eigenvalue weighted by Crippen LogP contribution is 2.26. The summed E-state index contributed by atoms with van der Waals surface area (Å²) in [6.45, 7) is 3.25. The predicted molar refractivity (Wildman–Crippen MR) is 103 cm³/mol. The number of hydrogen-bond donors (Lipinski definition) is 0. The molecule has 0 saturated carbocycles. The van der Waals surface area contributed by atoms with Crippen molar-refractivity contribution in [1.29, 1.82) is 0 Å². The van der Waals surface area contributed by atoms with E-state index < -0.39 is 5.82 Å². The van der Waals surface area contributed by atoms with Crippen molar-refractivity contribution >= 4 is 34.8 Å². The first-order valence-corrected chi connectivity index (χ1v) is 9.35. The third-order valence-electron chi connectivity index (χ3n) is 4.70. The molecule has 0 radical (unpaired) electrons. The molecule has 0 spiro atoms. The Labute approximate surface area is 165 Å². The Balaban J connectivity index is 1.40. The molecule has 1 aliphatic rings. The van der Waals surface area contributed by atoms with Gasteiger partial charge in [-0.05, 0) is 24.3 Å². The third-order valence-corrected chi connectivity index (χ3v) is 5.30. The first-order chi connectivity index (χ1) is 13.0. The zero-order valence-electron chi connectivity index (χ0n) is 14.4. The molecule has 140 valence electrons. The van der Waals surface area contributed by atoms with E-state index >= 15 is 0 Å². The molecule has 0 bridgehead atoms. The first-order valence-electron chi connectivity index (χ1n) is 8.60. The number of amides is 1. The van der Waals surface area contributed by atoms with Crippen LogP contribution in [0.5, 0.6) is 0 Å². The van der Waals surface area contributed by atoms with Crippen molar-refractivity contribution in [3.63, 3.8) is 0 Å². The molecule has 1 fully saturated rings. The lowest BCUT2D eigenvalue weighted by Crippen LogP contribution is -2.48. The number of benzene rings is 1. The summed E-state index contributed by atoms with van der Waals surface area (Å²) in [6.07, 6.45) is 3.99. The van der Waals surface area contributed by atoms with Crippen LogP contribution < -0.4 is 0 Å². The topological polar surface area (TPSA) is 40.9 Å². The lowest BCUT2D eigenvalue weighted by atomic mass is 10.1. The molecule has 0 N–H and O–H groups in total. The summed E-state index contributed by atoms with van der Waals surface area (Å²) in [7, 11) is 0. The standard InChI is InChI=1S/C19H17Cl2FN4O/c20-15-10-16(21)17(22)9-14(15)19(27)25-7-5-24(6-8-25)11-13-12-26-4-2-1-3-18(26)23-13/h1-4,9-10,12H,5-8,11H2. The largest absolute Gasteiger partial charge is 0.336 e. The number of hydrogen-bond acceptors (Lipinski definition) is 3. The van der Waals surface area contributed by atoms with Gasteiger partial charge in [0.15, 0.2) is 0 Å². The summed E-state index contributed by atoms with van der Waals surface area (Å²) in [5, 5.41) is 0.0763. The molecule has 1 aromatic carbocycles. The van der Waals surface area contributed by atoms with Crippen LogP contribution in [0.1, 0.15) is 16.1 Å². The number of halogens is 3. The van der Waals surface area contributed by atoms with E-state index in [0.717, 1.165) is 24.0 Å². The van der Waals surface area contributed by atoms with Crippen LogP contribution in [-0.2, 0) is 6.54 Å². The highest BCUT2D eigenvalue weighted by atomic mass is 35.5. The van der Waals surface area contributed by atoms with E-state index in [4.69, 9.17) is 23.2 Å². The minimum Gasteiger partial charge on any atom is -0.336 e. The molecule has 0 atom stereocenters. The van der Waals surface area contributed by atoms with Gasteiger partial charge in [0, 0.05) is 45.1 Å². The van der Waals surface area contributed by atoms with Crippen LogP contribution in [0, 0.1) is 5.82 Å². The second-order valence-corrected chi connectivity index (χ2v) is 7.33. The second kappa shape index (κ2) is 7.46. The average Bonchev–Trinajstić information content (AvgIpc) is 3.07. The van der Waals surface area contributed by atoms with E-state index in [0.29, 0.717) is 26.2 Å². The average molecular weight is 407 g/mol. The van der Waals surface area contributed by atoms with Crippen LogP contribution in [0.3, 0.4) is 0 Å². The molecule has 1 aliphatic heterocycles. The Morgan fingerprint density at radius 2 is 1.89 bits per heavy atom. The minimum absolute atomic E-state index is 0.0891. The van der Waals surface area contributed by atoms with E-state index in [2.05, 4.69) is 9.88 Å². The molecule has 0 aliphatic carbocycles. The summed E-state index contributed by atoms with van der Waals surface area (Å²) in [5.41, 5.74) is 2.05. The van der Waals surface area contributed by atoms with E-state index in [1.807, 2.05) is 35.0 Å². The van der Waals surface area contributed by atoms with E-state index in [9.17, 15) is 9.18 Å². The Morgan fingerprint density at radius 1 is 1.11 bits per heavy atom. The van der Waals surface area contributed by atoms with Gasteiger partial charge in [-0.2, -0.15) is 0 Å². The number of fused-ring (bicyclic) bond motifs is 1. The predicted octanol–water partition coefficient (Wildman–Crippen LogP) is 3.74. The number of nitrogens with zero attached hydrogens (tertiary/aromatic N) is 4. The summed E-state index contributed by atoms with van der Waals surface area (Å²) >= 11 is 11.8. The van der Waals surface area contributed by atoms with E-state index in [1.165, 1.54) is 6.07 Å². The highest BCUT2D eigenvalue weighted by Gasteiger charge is 2.25. The van der Waals surface area contributed by atoms with Crippen LogP contribution in [0.25, 0.3) is 5.65 Å². The van der Waals surface area contributed by atoms with Crippen LogP contribution in [0.2, 0.25) is 10.0 Å². The molecule has 4 rings (SSSR count). The molecule has 1 amide bonds. The summed E-state index contributed by atoms with van der Waals surface area (Å²) in [6, 6.07) is 8.27. The maximum Gasteiger partial charge on any atom is 0.255 e. The van der Waals surface area contributed by atoms with Crippen molar-refractivity contribution in [2.75, 3.05) is 26.2 Å². The Morgan fingerprint density at radius 3 is 2.63 bits per heavy atom. The van der Waals surface area contributed by atoms with Crippen LogP contribution in [0.4, 0.5) is 4.39 Å². The third kappa shape index (κ3) is 3.78. The normalized spacial score (nSPS) is 15.4. The monoisotopic (exact) mass is 406 g/mol. The molecule has 0 unspecified atom stereocenters. The van der Waals surface area contributed by atoms with Crippen molar-refractivity contribution in [1.82, 2.24) is 19.2 Å². The van der Waals surface area contributed by atoms with Gasteiger partial charge in [-0.3, -0.25) is 9.69 Å². The molecule has 8 heteroatoms. The molecule has 3 aromatic rings. The van der Waals surface area contributed by atoms with Crippen molar-refractivity contribution in [3.8, 4) is 0 Å². The first kappa shape index (κ1) is 18.2. The van der Waals surface area contributed by atoms with Gasteiger partial charge < -0.3 is 9.30 Å². The highest BCUT2D eigenvalue weighted by molar-refractivity contribution is 6.36. The lowest BCUT2D eigenvalue weighted by Gasteiger charge is -2.34. The molecule has 1 saturated heterocycles. The number of rotatable bonds is 3. The van der Waals surface area contributed by atoms with Crippen molar-refractivity contribution in [2.24, 2.45) is 0 Å². The molecule has 27 heavy (non-hydrogen) atoms. The molecule has 2 aromatic heterocycles. The molecular weight excluding hydrogens is 390 g/mol. The van der Waals surface area contributed by atoms with Gasteiger partial charge in [-0.25, -0.2) is 9.37 Å². The molecule has 3 heterocycles. The summed E-state index contributed by atoms with van der Waals surface area (Å²) in [5.74, 6) is -0.919. The minimum atomic E-state index is -0.644. The zero-order valence-corrected chi connectivity index (χ0v) is 15.9. The number of piperazine rings is 1. The van der Waals surface area contributed by atoms with Gasteiger partial charge in [-0.15, -0.1) is 0 Å². The lowest BCUT2D eigenvalue weighted by molar-refractivity contribution is 0.0627. The van der Waals surface area contributed by atoms with Gasteiger partial charge >= 0.3 is 0 Å². The number of carbonyl (C=O) groups is 1. The van der Waals surface area contributed by atoms with E-state index in [1.54, 1.807) is 4.90 Å². The van der Waals surface area contributed by atoms with Gasteiger partial charge in [0.2, 0.25) is 0 Å². The van der Waals surface area contributed by atoms with Crippen molar-refractivity contribution < 1.29 is 9.18 Å². The van der Waals surface area contributed by atoms with Gasteiger partial charge in [0.05, 0.1) is 21.3 Å². The number of imidazole rings is 1. The molecular formula is C19H17Cl2FN4O. The van der Waals surface area contributed by atoms with Crippen molar-refractivity contribution in [2.45, 2.75) is 6.54 Å². The quantitative estimate of drug-likeness (QED) is 0.622. The van der Waals surface area contributed by atoms with Gasteiger partial charge in [-0.1, -0.05) is 29.3 Å². The fraction of sp³-hybridized carbons (Fsp3) is 0.263. The van der Waals surface area contributed by atoms with E-state index in [-0.39, 0.29) is 21.5 Å². The maximum atomic E-state index is 13.7. The number of carbonyl (C=O) groups excluding carboxylic acids is 1. The van der Waals surface area contributed by atoms with Gasteiger partial charge in [0.1, 0.15) is 11.5 Å². The van der Waals surface area contributed by atoms with Crippen LogP contribution >= 0.6 is 23.2 Å². The van der Waals surface area contributed by atoms with Crippen LogP contribution in [0.15, 0.2) is 42.7 Å². The maximum absolute atomic E-state index is 13.7. The summed E-state index contributed by atoms with van der Waals surface area (Å²) < 4.78 is 15.7. The number of pyridine rings is 1. The Bertz CT molecular complexity index is 966. The van der Waals surface area contributed by atoms with Crippen LogP contribution in [-0.4, -0.2) is 51.3 Å². The zero-order chi connectivity index (χ0) is 19.0.